The highest BCUT2D eigenvalue weighted by molar-refractivity contribution is 6.35. The number of hydrogen-bond donors (Lipinski definition) is 1. The molecule has 0 amide bonds. The summed E-state index contributed by atoms with van der Waals surface area (Å²) in [5, 5.41) is 8.10. The first-order valence-electron chi connectivity index (χ1n) is 6.29. The molecule has 1 saturated heterocycles. The van der Waals surface area contributed by atoms with Crippen molar-refractivity contribution in [2.24, 2.45) is 0 Å². The lowest BCUT2D eigenvalue weighted by Gasteiger charge is -2.25. The van der Waals surface area contributed by atoms with Crippen LogP contribution in [0, 0.1) is 0 Å². The summed E-state index contributed by atoms with van der Waals surface area (Å²) in [6.07, 6.45) is 1.51. The Balaban J connectivity index is 1.75. The van der Waals surface area contributed by atoms with E-state index in [9.17, 15) is 0 Å². The summed E-state index contributed by atoms with van der Waals surface area (Å²) >= 11 is 11.9. The summed E-state index contributed by atoms with van der Waals surface area (Å²) in [5.41, 5.74) is 0.478. The Hall–Kier alpha value is -1.21. The Morgan fingerprint density at radius 3 is 2.85 bits per heavy atom. The topological polar surface area (TPSA) is 67.1 Å². The molecule has 6 nitrogen and oxygen atoms in total. The molecular weight excluding hydrogens is 301 g/mol. The highest BCUT2D eigenvalue weighted by Gasteiger charge is 2.17. The third-order valence-electron chi connectivity index (χ3n) is 3.06. The molecule has 20 heavy (non-hydrogen) atoms. The molecule has 1 N–H and O–H groups in total. The summed E-state index contributed by atoms with van der Waals surface area (Å²) in [5.74, 6) is 0.950. The third-order valence-corrected chi connectivity index (χ3v) is 3.55. The van der Waals surface area contributed by atoms with Gasteiger partial charge in [-0.05, 0) is 6.07 Å². The van der Waals surface area contributed by atoms with Gasteiger partial charge in [0.25, 0.3) is 0 Å². The second-order valence-electron chi connectivity index (χ2n) is 4.52. The standard InChI is InChI=1S/C12H13Cl2N5O/c13-8-5-9(14)11(16-6-8)12-17-10(20-18-12)7-19-3-1-15-2-4-19/h5-6,15H,1-4,7H2. The molecule has 8 heteroatoms. The van der Waals surface area contributed by atoms with E-state index in [4.69, 9.17) is 27.7 Å². The van der Waals surface area contributed by atoms with E-state index in [0.29, 0.717) is 34.0 Å². The maximum absolute atomic E-state index is 6.08. The zero-order valence-electron chi connectivity index (χ0n) is 10.6. The molecule has 3 heterocycles. The van der Waals surface area contributed by atoms with Gasteiger partial charge >= 0.3 is 0 Å². The van der Waals surface area contributed by atoms with Crippen molar-refractivity contribution in [3.8, 4) is 11.5 Å². The second-order valence-corrected chi connectivity index (χ2v) is 5.37. The number of hydrogen-bond acceptors (Lipinski definition) is 6. The molecule has 0 aromatic carbocycles. The van der Waals surface area contributed by atoms with Crippen molar-refractivity contribution >= 4 is 23.2 Å². The molecule has 1 aliphatic rings. The fourth-order valence-corrected chi connectivity index (χ4v) is 2.52. The Morgan fingerprint density at radius 1 is 1.30 bits per heavy atom. The van der Waals surface area contributed by atoms with E-state index < -0.39 is 0 Å². The molecule has 0 unspecified atom stereocenters. The van der Waals surface area contributed by atoms with E-state index in [2.05, 4.69) is 25.3 Å². The first-order chi connectivity index (χ1) is 9.72. The maximum atomic E-state index is 6.08. The summed E-state index contributed by atoms with van der Waals surface area (Å²) < 4.78 is 5.25. The van der Waals surface area contributed by atoms with Crippen LogP contribution in [0.15, 0.2) is 16.8 Å². The molecule has 0 aliphatic carbocycles. The van der Waals surface area contributed by atoms with E-state index >= 15 is 0 Å². The zero-order chi connectivity index (χ0) is 13.9. The third kappa shape index (κ3) is 3.09. The monoisotopic (exact) mass is 313 g/mol. The van der Waals surface area contributed by atoms with Gasteiger partial charge < -0.3 is 9.84 Å². The summed E-state index contributed by atoms with van der Waals surface area (Å²) in [6.45, 7) is 4.53. The number of nitrogens with zero attached hydrogens (tertiary/aromatic N) is 4. The fourth-order valence-electron chi connectivity index (χ4n) is 2.05. The van der Waals surface area contributed by atoms with Crippen LogP contribution in [0.25, 0.3) is 11.5 Å². The number of aromatic nitrogens is 3. The Labute approximate surface area is 126 Å². The van der Waals surface area contributed by atoms with Crippen molar-refractivity contribution in [2.45, 2.75) is 6.54 Å². The highest BCUT2D eigenvalue weighted by Crippen LogP contribution is 2.25. The number of halogens is 2. The van der Waals surface area contributed by atoms with Gasteiger partial charge in [0, 0.05) is 32.4 Å². The molecule has 2 aromatic heterocycles. The van der Waals surface area contributed by atoms with E-state index in [-0.39, 0.29) is 0 Å². The molecular formula is C12H13Cl2N5O. The van der Waals surface area contributed by atoms with Gasteiger partial charge in [0.15, 0.2) is 0 Å². The molecule has 0 bridgehead atoms. The van der Waals surface area contributed by atoms with Crippen LogP contribution in [-0.2, 0) is 6.54 Å². The lowest BCUT2D eigenvalue weighted by Crippen LogP contribution is -2.42. The van der Waals surface area contributed by atoms with Crippen LogP contribution >= 0.6 is 23.2 Å². The van der Waals surface area contributed by atoms with E-state index in [1.54, 1.807) is 6.07 Å². The van der Waals surface area contributed by atoms with Crippen LogP contribution < -0.4 is 5.32 Å². The van der Waals surface area contributed by atoms with Gasteiger partial charge in [0.1, 0.15) is 5.69 Å². The van der Waals surface area contributed by atoms with Crippen molar-refractivity contribution in [2.75, 3.05) is 26.2 Å². The van der Waals surface area contributed by atoms with Crippen molar-refractivity contribution in [3.05, 3.63) is 28.2 Å². The minimum Gasteiger partial charge on any atom is -0.337 e. The number of nitrogens with one attached hydrogen (secondary N) is 1. The van der Waals surface area contributed by atoms with Crippen molar-refractivity contribution in [3.63, 3.8) is 0 Å². The van der Waals surface area contributed by atoms with Crippen LogP contribution in [0.4, 0.5) is 0 Å². The normalized spacial score (nSPS) is 16.5. The number of piperazine rings is 1. The van der Waals surface area contributed by atoms with Gasteiger partial charge in [-0.2, -0.15) is 4.98 Å². The molecule has 106 valence electrons. The van der Waals surface area contributed by atoms with Crippen LogP contribution in [0.2, 0.25) is 10.0 Å². The van der Waals surface area contributed by atoms with Gasteiger partial charge in [0.05, 0.1) is 16.6 Å². The SMILES string of the molecule is Clc1cnc(-c2noc(CN3CCNCC3)n2)c(Cl)c1. The van der Waals surface area contributed by atoms with Crippen molar-refractivity contribution in [1.29, 1.82) is 0 Å². The first kappa shape index (κ1) is 13.8. The zero-order valence-corrected chi connectivity index (χ0v) is 12.2. The molecule has 1 fully saturated rings. The number of rotatable bonds is 3. The van der Waals surface area contributed by atoms with E-state index in [0.717, 1.165) is 26.2 Å². The Morgan fingerprint density at radius 2 is 2.10 bits per heavy atom. The van der Waals surface area contributed by atoms with Crippen LogP contribution in [-0.4, -0.2) is 46.2 Å². The molecule has 2 aromatic rings. The first-order valence-corrected chi connectivity index (χ1v) is 7.05. The quantitative estimate of drug-likeness (QED) is 0.932. The highest BCUT2D eigenvalue weighted by atomic mass is 35.5. The average molecular weight is 314 g/mol. The Bertz CT molecular complexity index is 597. The molecule has 0 radical (unpaired) electrons. The summed E-state index contributed by atoms with van der Waals surface area (Å²) in [6, 6.07) is 1.61. The lowest BCUT2D eigenvalue weighted by atomic mass is 10.3. The average Bonchev–Trinajstić information content (AvgIpc) is 2.88. The lowest BCUT2D eigenvalue weighted by molar-refractivity contribution is 0.203. The minimum absolute atomic E-state index is 0.386. The van der Waals surface area contributed by atoms with Gasteiger partial charge in [0.2, 0.25) is 11.7 Å². The minimum atomic E-state index is 0.386. The van der Waals surface area contributed by atoms with Crippen LogP contribution in [0.5, 0.6) is 0 Å². The summed E-state index contributed by atoms with van der Waals surface area (Å²) in [4.78, 5) is 10.7. The molecule has 0 spiro atoms. The van der Waals surface area contributed by atoms with Gasteiger partial charge in [-0.15, -0.1) is 0 Å². The summed E-state index contributed by atoms with van der Waals surface area (Å²) in [7, 11) is 0. The Kier molecular flexibility index (Phi) is 4.16. The van der Waals surface area contributed by atoms with E-state index in [1.165, 1.54) is 6.20 Å². The van der Waals surface area contributed by atoms with Crippen LogP contribution in [0.3, 0.4) is 0 Å². The largest absolute Gasteiger partial charge is 0.337 e. The van der Waals surface area contributed by atoms with Gasteiger partial charge in [-0.1, -0.05) is 28.4 Å². The molecule has 1 aliphatic heterocycles. The van der Waals surface area contributed by atoms with Crippen molar-refractivity contribution in [1.82, 2.24) is 25.3 Å². The molecule has 0 saturated carbocycles. The fraction of sp³-hybridized carbons (Fsp3) is 0.417. The molecule has 0 atom stereocenters. The van der Waals surface area contributed by atoms with Crippen molar-refractivity contribution < 1.29 is 4.52 Å². The smallest absolute Gasteiger partial charge is 0.241 e. The number of pyridine rings is 1. The predicted molar refractivity (Wildman–Crippen MR) is 75.7 cm³/mol. The van der Waals surface area contributed by atoms with Gasteiger partial charge in [-0.25, -0.2) is 4.98 Å². The predicted octanol–water partition coefficient (Wildman–Crippen LogP) is 1.84. The maximum Gasteiger partial charge on any atom is 0.241 e. The van der Waals surface area contributed by atoms with Gasteiger partial charge in [-0.3, -0.25) is 4.90 Å². The molecule has 3 rings (SSSR count). The second kappa shape index (κ2) is 6.05. The van der Waals surface area contributed by atoms with Crippen LogP contribution in [0.1, 0.15) is 5.89 Å². The van der Waals surface area contributed by atoms with E-state index in [1.807, 2.05) is 0 Å².